The van der Waals surface area contributed by atoms with Crippen LogP contribution in [0.5, 0.6) is 0 Å². The number of carbonyl (C=O) groups excluding carboxylic acids is 1. The fraction of sp³-hybridized carbons (Fsp3) is 0.444. The maximum Gasteiger partial charge on any atom is 0.404 e. The smallest absolute Gasteiger partial charge is 0.404 e. The monoisotopic (exact) mass is 210 g/mol. The average molecular weight is 210 g/mol. The van der Waals surface area contributed by atoms with E-state index in [1.165, 1.54) is 0 Å². The largest absolute Gasteiger partial charge is 0.448 e. The molecule has 0 bridgehead atoms. The van der Waals surface area contributed by atoms with E-state index < -0.39 is 6.09 Å². The van der Waals surface area contributed by atoms with Crippen LogP contribution in [-0.4, -0.2) is 29.2 Å². The summed E-state index contributed by atoms with van der Waals surface area (Å²) in [7, 11) is 0. The molecular formula is C9H14N4O2. The first-order chi connectivity index (χ1) is 7.09. The number of aryl methyl sites for hydroxylation is 2. The van der Waals surface area contributed by atoms with Crippen LogP contribution >= 0.6 is 0 Å². The molecule has 0 saturated heterocycles. The van der Waals surface area contributed by atoms with Gasteiger partial charge < -0.3 is 15.8 Å². The van der Waals surface area contributed by atoms with Crippen LogP contribution < -0.4 is 11.1 Å². The summed E-state index contributed by atoms with van der Waals surface area (Å²) in [5.74, 6) is 0.697. The Balaban J connectivity index is 2.43. The molecule has 1 amide bonds. The minimum absolute atomic E-state index is 0.213. The molecule has 0 aliphatic heterocycles. The molecule has 0 aliphatic carbocycles. The first-order valence-corrected chi connectivity index (χ1v) is 4.56. The van der Waals surface area contributed by atoms with Crippen molar-refractivity contribution < 1.29 is 9.53 Å². The summed E-state index contributed by atoms with van der Waals surface area (Å²) in [4.78, 5) is 18.7. The lowest BCUT2D eigenvalue weighted by Gasteiger charge is -2.08. The molecule has 0 unspecified atom stereocenters. The Labute approximate surface area is 87.9 Å². The predicted molar refractivity (Wildman–Crippen MR) is 55.5 cm³/mol. The number of primary amides is 1. The standard InChI is InChI=1S/C9H14N4O2/c1-6-5-12-7(2)8(13-6)11-3-4-15-9(10)14/h5H,3-4H2,1-2H3,(H2,10,14)(H,11,13). The topological polar surface area (TPSA) is 90.1 Å². The second kappa shape index (κ2) is 5.14. The number of hydrogen-bond donors (Lipinski definition) is 2. The first-order valence-electron chi connectivity index (χ1n) is 4.56. The van der Waals surface area contributed by atoms with Crippen molar-refractivity contribution in [3.8, 4) is 0 Å². The number of hydrogen-bond acceptors (Lipinski definition) is 5. The van der Waals surface area contributed by atoms with Crippen molar-refractivity contribution in [2.45, 2.75) is 13.8 Å². The third kappa shape index (κ3) is 3.80. The molecule has 0 radical (unpaired) electrons. The van der Waals surface area contributed by atoms with Gasteiger partial charge in [-0.05, 0) is 13.8 Å². The van der Waals surface area contributed by atoms with Gasteiger partial charge in [0.15, 0.2) is 0 Å². The fourth-order valence-electron chi connectivity index (χ4n) is 1.03. The van der Waals surface area contributed by atoms with Crippen LogP contribution in [0.15, 0.2) is 6.20 Å². The van der Waals surface area contributed by atoms with Gasteiger partial charge in [-0.2, -0.15) is 0 Å². The number of rotatable bonds is 4. The summed E-state index contributed by atoms with van der Waals surface area (Å²) in [6, 6.07) is 0. The molecule has 1 rings (SSSR count). The molecule has 1 heterocycles. The van der Waals surface area contributed by atoms with Crippen molar-refractivity contribution in [3.63, 3.8) is 0 Å². The van der Waals surface area contributed by atoms with Crippen LogP contribution in [0, 0.1) is 13.8 Å². The number of ether oxygens (including phenoxy) is 1. The quantitative estimate of drug-likeness (QED) is 0.710. The Morgan fingerprint density at radius 2 is 2.33 bits per heavy atom. The molecule has 0 fully saturated rings. The summed E-state index contributed by atoms with van der Waals surface area (Å²) in [5.41, 5.74) is 6.45. The van der Waals surface area contributed by atoms with Crippen molar-refractivity contribution in [1.29, 1.82) is 0 Å². The zero-order valence-corrected chi connectivity index (χ0v) is 8.78. The summed E-state index contributed by atoms with van der Waals surface area (Å²) in [6.45, 7) is 4.38. The van der Waals surface area contributed by atoms with Gasteiger partial charge in [0.25, 0.3) is 0 Å². The Morgan fingerprint density at radius 1 is 1.60 bits per heavy atom. The highest BCUT2D eigenvalue weighted by Crippen LogP contribution is 2.07. The third-order valence-corrected chi connectivity index (χ3v) is 1.71. The SMILES string of the molecule is Cc1cnc(C)c(NCCOC(N)=O)n1. The van der Waals surface area contributed by atoms with Gasteiger partial charge in [-0.1, -0.05) is 0 Å². The lowest BCUT2D eigenvalue weighted by atomic mass is 10.4. The van der Waals surface area contributed by atoms with Gasteiger partial charge in [0, 0.05) is 6.20 Å². The molecule has 0 spiro atoms. The summed E-state index contributed by atoms with van der Waals surface area (Å²) in [6.07, 6.45) is 0.921. The van der Waals surface area contributed by atoms with Crippen LogP contribution in [-0.2, 0) is 4.74 Å². The van der Waals surface area contributed by atoms with Gasteiger partial charge >= 0.3 is 6.09 Å². The zero-order chi connectivity index (χ0) is 11.3. The van der Waals surface area contributed by atoms with Crippen LogP contribution in [0.2, 0.25) is 0 Å². The van der Waals surface area contributed by atoms with E-state index in [1.807, 2.05) is 13.8 Å². The maximum absolute atomic E-state index is 10.3. The van der Waals surface area contributed by atoms with Crippen LogP contribution in [0.3, 0.4) is 0 Å². The lowest BCUT2D eigenvalue weighted by Crippen LogP contribution is -2.19. The first kappa shape index (κ1) is 11.2. The number of amides is 1. The Kier molecular flexibility index (Phi) is 3.84. The van der Waals surface area contributed by atoms with Crippen LogP contribution in [0.4, 0.5) is 10.6 Å². The molecule has 1 aromatic heterocycles. The van der Waals surface area contributed by atoms with Crippen molar-refractivity contribution in [2.24, 2.45) is 5.73 Å². The van der Waals surface area contributed by atoms with Crippen LogP contribution in [0.25, 0.3) is 0 Å². The molecule has 0 aromatic carbocycles. The van der Waals surface area contributed by atoms with E-state index in [2.05, 4.69) is 20.0 Å². The highest BCUT2D eigenvalue weighted by Gasteiger charge is 2.01. The Hall–Kier alpha value is -1.85. The average Bonchev–Trinajstić information content (AvgIpc) is 2.17. The molecule has 15 heavy (non-hydrogen) atoms. The van der Waals surface area contributed by atoms with E-state index in [4.69, 9.17) is 5.73 Å². The zero-order valence-electron chi connectivity index (χ0n) is 8.78. The minimum atomic E-state index is -0.774. The fourth-order valence-corrected chi connectivity index (χ4v) is 1.03. The third-order valence-electron chi connectivity index (χ3n) is 1.71. The van der Waals surface area contributed by atoms with Gasteiger partial charge in [-0.15, -0.1) is 0 Å². The Morgan fingerprint density at radius 3 is 3.00 bits per heavy atom. The van der Waals surface area contributed by atoms with E-state index in [1.54, 1.807) is 6.20 Å². The van der Waals surface area contributed by atoms with E-state index in [-0.39, 0.29) is 6.61 Å². The van der Waals surface area contributed by atoms with E-state index in [9.17, 15) is 4.79 Å². The number of nitrogens with one attached hydrogen (secondary N) is 1. The highest BCUT2D eigenvalue weighted by atomic mass is 16.5. The van der Waals surface area contributed by atoms with Gasteiger partial charge in [-0.25, -0.2) is 9.78 Å². The van der Waals surface area contributed by atoms with Gasteiger partial charge in [0.2, 0.25) is 0 Å². The van der Waals surface area contributed by atoms with Crippen molar-refractivity contribution in [1.82, 2.24) is 9.97 Å². The summed E-state index contributed by atoms with van der Waals surface area (Å²) < 4.78 is 4.56. The number of nitrogens with zero attached hydrogens (tertiary/aromatic N) is 2. The van der Waals surface area contributed by atoms with E-state index in [0.29, 0.717) is 12.4 Å². The second-order valence-corrected chi connectivity index (χ2v) is 3.04. The van der Waals surface area contributed by atoms with Crippen molar-refractivity contribution in [3.05, 3.63) is 17.6 Å². The second-order valence-electron chi connectivity index (χ2n) is 3.04. The molecule has 0 aliphatic rings. The highest BCUT2D eigenvalue weighted by molar-refractivity contribution is 5.64. The molecule has 6 nitrogen and oxygen atoms in total. The van der Waals surface area contributed by atoms with Crippen molar-refractivity contribution >= 4 is 11.9 Å². The Bertz CT molecular complexity index is 354. The van der Waals surface area contributed by atoms with Gasteiger partial charge in [0.1, 0.15) is 12.4 Å². The molecule has 1 aromatic rings. The maximum atomic E-state index is 10.3. The van der Waals surface area contributed by atoms with E-state index in [0.717, 1.165) is 11.4 Å². The van der Waals surface area contributed by atoms with E-state index >= 15 is 0 Å². The predicted octanol–water partition coefficient (Wildman–Crippen LogP) is 0.601. The molecular weight excluding hydrogens is 196 g/mol. The molecule has 3 N–H and O–H groups in total. The lowest BCUT2D eigenvalue weighted by molar-refractivity contribution is 0.161. The summed E-state index contributed by atoms with van der Waals surface area (Å²) in [5, 5.41) is 3.00. The van der Waals surface area contributed by atoms with Gasteiger partial charge in [0.05, 0.1) is 17.9 Å². The molecule has 0 atom stereocenters. The molecule has 0 saturated carbocycles. The van der Waals surface area contributed by atoms with Crippen molar-refractivity contribution in [2.75, 3.05) is 18.5 Å². The molecule has 82 valence electrons. The number of anilines is 1. The molecule has 6 heteroatoms. The van der Waals surface area contributed by atoms with Crippen LogP contribution in [0.1, 0.15) is 11.4 Å². The number of aromatic nitrogens is 2. The number of carbonyl (C=O) groups is 1. The number of nitrogens with two attached hydrogens (primary N) is 1. The van der Waals surface area contributed by atoms with Gasteiger partial charge in [-0.3, -0.25) is 4.98 Å². The summed E-state index contributed by atoms with van der Waals surface area (Å²) >= 11 is 0. The normalized spacial score (nSPS) is 9.73. The minimum Gasteiger partial charge on any atom is -0.448 e.